The van der Waals surface area contributed by atoms with Crippen molar-refractivity contribution in [3.05, 3.63) is 41.3 Å². The van der Waals surface area contributed by atoms with E-state index in [4.69, 9.17) is 11.5 Å². The van der Waals surface area contributed by atoms with Gasteiger partial charge in [0.15, 0.2) is 0 Å². The Morgan fingerprint density at radius 2 is 2.18 bits per heavy atom. The number of aryl methyl sites for hydroxylation is 1. The van der Waals surface area contributed by atoms with Gasteiger partial charge >= 0.3 is 0 Å². The molecule has 0 unspecified atom stereocenters. The maximum atomic E-state index is 13.0. The van der Waals surface area contributed by atoms with Gasteiger partial charge < -0.3 is 11.5 Å². The summed E-state index contributed by atoms with van der Waals surface area (Å²) >= 11 is 0. The lowest BCUT2D eigenvalue weighted by Gasteiger charge is -2.06. The third kappa shape index (κ3) is 1.96. The van der Waals surface area contributed by atoms with E-state index in [9.17, 15) is 9.18 Å². The molecule has 0 aliphatic heterocycles. The van der Waals surface area contributed by atoms with E-state index in [1.807, 2.05) is 0 Å². The first-order chi connectivity index (χ1) is 7.99. The number of rotatable bonds is 2. The molecule has 1 heterocycles. The fourth-order valence-electron chi connectivity index (χ4n) is 1.50. The fraction of sp³-hybridized carbons (Fsp3) is 0.0909. The number of carbonyl (C=O) groups excluding carboxylic acids is 1. The third-order valence-corrected chi connectivity index (χ3v) is 2.41. The molecule has 1 aromatic carbocycles. The molecule has 0 fully saturated rings. The number of primary amides is 1. The Labute approximate surface area is 96.8 Å². The van der Waals surface area contributed by atoms with Gasteiger partial charge in [0.1, 0.15) is 11.6 Å². The van der Waals surface area contributed by atoms with E-state index in [-0.39, 0.29) is 5.56 Å². The lowest BCUT2D eigenvalue weighted by molar-refractivity contribution is 0.0999. The molecule has 0 saturated carbocycles. The molecule has 88 valence electrons. The fourth-order valence-corrected chi connectivity index (χ4v) is 1.50. The minimum absolute atomic E-state index is 0.0625. The topological polar surface area (TPSA) is 86.9 Å². The number of amides is 1. The molecule has 0 radical (unpaired) electrons. The van der Waals surface area contributed by atoms with Crippen LogP contribution in [-0.4, -0.2) is 15.7 Å². The summed E-state index contributed by atoms with van der Waals surface area (Å²) in [6.45, 7) is 1.78. The highest BCUT2D eigenvalue weighted by Crippen LogP contribution is 2.18. The van der Waals surface area contributed by atoms with Crippen molar-refractivity contribution in [3.63, 3.8) is 0 Å². The van der Waals surface area contributed by atoms with Crippen LogP contribution >= 0.6 is 0 Å². The van der Waals surface area contributed by atoms with Gasteiger partial charge in [-0.3, -0.25) is 4.79 Å². The van der Waals surface area contributed by atoms with Gasteiger partial charge in [0.25, 0.3) is 5.91 Å². The number of nitrogens with zero attached hydrogens (tertiary/aromatic N) is 2. The van der Waals surface area contributed by atoms with Gasteiger partial charge in [0.05, 0.1) is 11.3 Å². The van der Waals surface area contributed by atoms with E-state index in [1.54, 1.807) is 13.1 Å². The maximum Gasteiger partial charge on any atom is 0.250 e. The molecule has 0 bridgehead atoms. The van der Waals surface area contributed by atoms with E-state index in [0.29, 0.717) is 11.5 Å². The molecule has 0 aliphatic rings. The number of aromatic nitrogens is 2. The summed E-state index contributed by atoms with van der Waals surface area (Å²) in [6.07, 6.45) is 1.65. The Bertz CT molecular complexity index is 572. The lowest BCUT2D eigenvalue weighted by Crippen LogP contribution is -2.15. The minimum atomic E-state index is -0.716. The van der Waals surface area contributed by atoms with Gasteiger partial charge in [0.2, 0.25) is 0 Å². The highest BCUT2D eigenvalue weighted by Gasteiger charge is 2.13. The number of hydrogen-bond donors (Lipinski definition) is 2. The van der Waals surface area contributed by atoms with Crippen LogP contribution in [0.5, 0.6) is 0 Å². The number of halogens is 1. The molecule has 4 N–H and O–H groups in total. The van der Waals surface area contributed by atoms with Crippen LogP contribution in [-0.2, 0) is 0 Å². The smallest absolute Gasteiger partial charge is 0.250 e. The van der Waals surface area contributed by atoms with Crippen LogP contribution in [0.1, 0.15) is 15.9 Å². The van der Waals surface area contributed by atoms with Crippen LogP contribution < -0.4 is 11.5 Å². The van der Waals surface area contributed by atoms with Gasteiger partial charge in [-0.1, -0.05) is 0 Å². The molecule has 2 rings (SSSR count). The van der Waals surface area contributed by atoms with E-state index in [0.717, 1.165) is 11.6 Å². The zero-order valence-electron chi connectivity index (χ0n) is 9.14. The van der Waals surface area contributed by atoms with Crippen molar-refractivity contribution in [2.75, 3.05) is 5.73 Å². The molecular formula is C11H11FN4O. The van der Waals surface area contributed by atoms with E-state index in [1.165, 1.54) is 16.8 Å². The van der Waals surface area contributed by atoms with Crippen LogP contribution in [0.25, 0.3) is 5.69 Å². The Kier molecular flexibility index (Phi) is 2.55. The average molecular weight is 234 g/mol. The molecule has 2 aromatic rings. The second-order valence-electron chi connectivity index (χ2n) is 3.67. The standard InChI is InChI=1S/C11H11FN4O/c1-6-5-16(15-10(6)13)9-3-2-7(12)4-8(9)11(14)17/h2-5H,1H3,(H2,13,15)(H2,14,17). The Balaban J connectivity index is 2.62. The van der Waals surface area contributed by atoms with E-state index < -0.39 is 11.7 Å². The predicted octanol–water partition coefficient (Wildman–Crippen LogP) is 1.00. The largest absolute Gasteiger partial charge is 0.382 e. The molecule has 6 heteroatoms. The first-order valence-corrected chi connectivity index (χ1v) is 4.90. The summed E-state index contributed by atoms with van der Waals surface area (Å²) < 4.78 is 14.5. The first kappa shape index (κ1) is 11.1. The van der Waals surface area contributed by atoms with Gasteiger partial charge in [-0.05, 0) is 25.1 Å². The normalized spacial score (nSPS) is 10.5. The Hall–Kier alpha value is -2.37. The van der Waals surface area contributed by atoms with E-state index >= 15 is 0 Å². The van der Waals surface area contributed by atoms with Crippen molar-refractivity contribution in [2.24, 2.45) is 5.73 Å². The first-order valence-electron chi connectivity index (χ1n) is 4.90. The van der Waals surface area contributed by atoms with Gasteiger partial charge in [-0.15, -0.1) is 0 Å². The molecule has 0 aliphatic carbocycles. The summed E-state index contributed by atoms with van der Waals surface area (Å²) in [5.41, 5.74) is 12.0. The Morgan fingerprint density at radius 3 is 2.71 bits per heavy atom. The molecule has 0 saturated heterocycles. The van der Waals surface area contributed by atoms with Gasteiger partial charge in [-0.2, -0.15) is 5.10 Å². The molecule has 0 atom stereocenters. The highest BCUT2D eigenvalue weighted by atomic mass is 19.1. The van der Waals surface area contributed by atoms with Crippen molar-refractivity contribution >= 4 is 11.7 Å². The monoisotopic (exact) mass is 234 g/mol. The van der Waals surface area contributed by atoms with Gasteiger partial charge in [-0.25, -0.2) is 9.07 Å². The lowest BCUT2D eigenvalue weighted by atomic mass is 10.1. The number of nitrogens with two attached hydrogens (primary N) is 2. The van der Waals surface area contributed by atoms with Crippen LogP contribution in [0.2, 0.25) is 0 Å². The molecule has 0 spiro atoms. The summed E-state index contributed by atoms with van der Waals surface area (Å²) in [5, 5.41) is 4.02. The average Bonchev–Trinajstić information content (AvgIpc) is 2.59. The summed E-state index contributed by atoms with van der Waals surface area (Å²) in [6, 6.07) is 3.74. The number of anilines is 1. The van der Waals surface area contributed by atoms with Gasteiger partial charge in [0, 0.05) is 11.8 Å². The van der Waals surface area contributed by atoms with Crippen LogP contribution in [0.3, 0.4) is 0 Å². The molecule has 1 aromatic heterocycles. The second kappa shape index (κ2) is 3.89. The second-order valence-corrected chi connectivity index (χ2v) is 3.67. The third-order valence-electron chi connectivity index (χ3n) is 2.41. The SMILES string of the molecule is Cc1cn(-c2ccc(F)cc2C(N)=O)nc1N. The van der Waals surface area contributed by atoms with E-state index in [2.05, 4.69) is 5.10 Å². The number of nitrogen functional groups attached to an aromatic ring is 1. The van der Waals surface area contributed by atoms with Crippen molar-refractivity contribution in [3.8, 4) is 5.69 Å². The zero-order valence-corrected chi connectivity index (χ0v) is 9.14. The summed E-state index contributed by atoms with van der Waals surface area (Å²) in [5.74, 6) is -0.893. The number of benzene rings is 1. The van der Waals surface area contributed by atoms with Crippen molar-refractivity contribution in [1.82, 2.24) is 9.78 Å². The summed E-state index contributed by atoms with van der Waals surface area (Å²) in [4.78, 5) is 11.2. The molecular weight excluding hydrogens is 223 g/mol. The van der Waals surface area contributed by atoms with Crippen molar-refractivity contribution < 1.29 is 9.18 Å². The summed E-state index contributed by atoms with van der Waals surface area (Å²) in [7, 11) is 0. The van der Waals surface area contributed by atoms with Crippen molar-refractivity contribution in [1.29, 1.82) is 0 Å². The van der Waals surface area contributed by atoms with Crippen molar-refractivity contribution in [2.45, 2.75) is 6.92 Å². The Morgan fingerprint density at radius 1 is 1.47 bits per heavy atom. The number of hydrogen-bond acceptors (Lipinski definition) is 3. The molecule has 5 nitrogen and oxygen atoms in total. The maximum absolute atomic E-state index is 13.0. The predicted molar refractivity (Wildman–Crippen MR) is 61.2 cm³/mol. The highest BCUT2D eigenvalue weighted by molar-refractivity contribution is 5.96. The van der Waals surface area contributed by atoms with Crippen LogP contribution in [0.4, 0.5) is 10.2 Å². The number of carbonyl (C=O) groups is 1. The van der Waals surface area contributed by atoms with Crippen LogP contribution in [0.15, 0.2) is 24.4 Å². The zero-order chi connectivity index (χ0) is 12.6. The molecule has 17 heavy (non-hydrogen) atoms. The minimum Gasteiger partial charge on any atom is -0.382 e. The quantitative estimate of drug-likeness (QED) is 0.812. The molecule has 1 amide bonds. The van der Waals surface area contributed by atoms with Crippen LogP contribution in [0, 0.1) is 12.7 Å².